The molecule has 0 saturated heterocycles. The maximum atomic E-state index is 13.5. The molecule has 2 aromatic carbocycles. The molecule has 3 heteroatoms. The van der Waals surface area contributed by atoms with Gasteiger partial charge in [0.05, 0.1) is 0 Å². The summed E-state index contributed by atoms with van der Waals surface area (Å²) in [5.74, 6) is -0.620. The SMILES string of the molecule is [B]c1ccc(Cc2ccc(F)cc2)c(F)c1. The van der Waals surface area contributed by atoms with Crippen LogP contribution >= 0.6 is 0 Å². The molecule has 0 spiro atoms. The molecular formula is C13H9BF2. The molecule has 0 aliphatic rings. The lowest BCUT2D eigenvalue weighted by Crippen LogP contribution is -2.04. The maximum Gasteiger partial charge on any atom is 0.126 e. The van der Waals surface area contributed by atoms with Crippen LogP contribution in [-0.4, -0.2) is 7.85 Å². The molecule has 0 aromatic heterocycles. The molecule has 2 aromatic rings. The Bertz CT molecular complexity index is 492. The monoisotopic (exact) mass is 214 g/mol. The second kappa shape index (κ2) is 4.48. The molecule has 78 valence electrons. The van der Waals surface area contributed by atoms with E-state index in [1.54, 1.807) is 24.3 Å². The first kappa shape index (κ1) is 10.9. The quantitative estimate of drug-likeness (QED) is 0.673. The largest absolute Gasteiger partial charge is 0.207 e. The van der Waals surface area contributed by atoms with Crippen molar-refractivity contribution in [1.82, 2.24) is 0 Å². The summed E-state index contributed by atoms with van der Waals surface area (Å²) in [5.41, 5.74) is 1.83. The van der Waals surface area contributed by atoms with E-state index >= 15 is 0 Å². The molecule has 0 nitrogen and oxygen atoms in total. The van der Waals surface area contributed by atoms with Gasteiger partial charge < -0.3 is 0 Å². The van der Waals surface area contributed by atoms with Crippen LogP contribution in [0.3, 0.4) is 0 Å². The van der Waals surface area contributed by atoms with E-state index in [4.69, 9.17) is 7.85 Å². The van der Waals surface area contributed by atoms with Gasteiger partial charge in [0.15, 0.2) is 0 Å². The lowest BCUT2D eigenvalue weighted by atomic mass is 9.93. The zero-order valence-electron chi connectivity index (χ0n) is 8.58. The van der Waals surface area contributed by atoms with Crippen molar-refractivity contribution in [2.45, 2.75) is 6.42 Å². The molecule has 0 N–H and O–H groups in total. The Morgan fingerprint density at radius 3 is 2.25 bits per heavy atom. The highest BCUT2D eigenvalue weighted by molar-refractivity contribution is 6.32. The number of benzene rings is 2. The highest BCUT2D eigenvalue weighted by Crippen LogP contribution is 2.12. The third kappa shape index (κ3) is 2.48. The van der Waals surface area contributed by atoms with Gasteiger partial charge in [0.1, 0.15) is 19.5 Å². The fraction of sp³-hybridized carbons (Fsp3) is 0.0769. The minimum absolute atomic E-state index is 0.290. The van der Waals surface area contributed by atoms with E-state index in [0.29, 0.717) is 17.4 Å². The van der Waals surface area contributed by atoms with Crippen molar-refractivity contribution in [3.63, 3.8) is 0 Å². The summed E-state index contributed by atoms with van der Waals surface area (Å²) in [6, 6.07) is 10.6. The van der Waals surface area contributed by atoms with Gasteiger partial charge in [0.25, 0.3) is 0 Å². The number of hydrogen-bond acceptors (Lipinski definition) is 0. The minimum atomic E-state index is -0.329. The van der Waals surface area contributed by atoms with Gasteiger partial charge in [-0.2, -0.15) is 0 Å². The predicted molar refractivity (Wildman–Crippen MR) is 61.0 cm³/mol. The Hall–Kier alpha value is -1.64. The lowest BCUT2D eigenvalue weighted by Gasteiger charge is -2.04. The molecule has 16 heavy (non-hydrogen) atoms. The van der Waals surface area contributed by atoms with Crippen molar-refractivity contribution >= 4 is 13.3 Å². The molecule has 0 saturated carbocycles. The van der Waals surface area contributed by atoms with E-state index in [9.17, 15) is 8.78 Å². The first-order valence-electron chi connectivity index (χ1n) is 4.93. The maximum absolute atomic E-state index is 13.5. The average Bonchev–Trinajstić information content (AvgIpc) is 2.25. The van der Waals surface area contributed by atoms with Crippen molar-refractivity contribution in [2.75, 3.05) is 0 Å². The Kier molecular flexibility index (Phi) is 3.04. The molecule has 0 fully saturated rings. The van der Waals surface area contributed by atoms with Crippen LogP contribution in [0.25, 0.3) is 0 Å². The van der Waals surface area contributed by atoms with Crippen LogP contribution in [0.1, 0.15) is 11.1 Å². The van der Waals surface area contributed by atoms with Crippen molar-refractivity contribution in [1.29, 1.82) is 0 Å². The summed E-state index contributed by atoms with van der Waals surface area (Å²) in [7, 11) is 5.45. The van der Waals surface area contributed by atoms with Gasteiger partial charge >= 0.3 is 0 Å². The summed E-state index contributed by atoms with van der Waals surface area (Å²) in [6.45, 7) is 0. The first-order chi connectivity index (χ1) is 7.65. The van der Waals surface area contributed by atoms with E-state index in [0.717, 1.165) is 5.56 Å². The van der Waals surface area contributed by atoms with Gasteiger partial charge in [-0.25, -0.2) is 8.78 Å². The highest BCUT2D eigenvalue weighted by Gasteiger charge is 2.03. The molecule has 2 radical (unpaired) electrons. The summed E-state index contributed by atoms with van der Waals surface area (Å²) >= 11 is 0. The second-order valence-corrected chi connectivity index (χ2v) is 3.65. The molecule has 0 aliphatic heterocycles. The standard InChI is InChI=1S/C13H9BF2/c14-11-4-3-10(13(16)8-11)7-9-1-5-12(15)6-2-9/h1-6,8H,7H2. The smallest absolute Gasteiger partial charge is 0.126 e. The van der Waals surface area contributed by atoms with Gasteiger partial charge in [-0.05, 0) is 29.3 Å². The Balaban J connectivity index is 2.23. The molecule has 0 amide bonds. The first-order valence-corrected chi connectivity index (χ1v) is 4.93. The van der Waals surface area contributed by atoms with Crippen LogP contribution in [-0.2, 0) is 6.42 Å². The van der Waals surface area contributed by atoms with Crippen molar-refractivity contribution in [3.05, 3.63) is 65.2 Å². The lowest BCUT2D eigenvalue weighted by molar-refractivity contribution is 0.614. The van der Waals surface area contributed by atoms with Crippen LogP contribution in [0.5, 0.6) is 0 Å². The second-order valence-electron chi connectivity index (χ2n) is 3.65. The normalized spacial score (nSPS) is 10.4. The molecule has 0 heterocycles. The molecule has 2 rings (SSSR count). The van der Waals surface area contributed by atoms with E-state index < -0.39 is 0 Å². The molecule has 0 unspecified atom stereocenters. The third-order valence-electron chi connectivity index (χ3n) is 2.38. The highest BCUT2D eigenvalue weighted by atomic mass is 19.1. The predicted octanol–water partition coefficient (Wildman–Crippen LogP) is 2.35. The van der Waals surface area contributed by atoms with Crippen LogP contribution < -0.4 is 5.46 Å². The summed E-state index contributed by atoms with van der Waals surface area (Å²) < 4.78 is 26.1. The van der Waals surface area contributed by atoms with Crippen LogP contribution in [0.4, 0.5) is 8.78 Å². The van der Waals surface area contributed by atoms with Crippen molar-refractivity contribution in [3.8, 4) is 0 Å². The topological polar surface area (TPSA) is 0 Å². The van der Waals surface area contributed by atoms with Crippen molar-refractivity contribution < 1.29 is 8.78 Å². The summed E-state index contributed by atoms with van der Waals surface area (Å²) in [6.07, 6.45) is 0.437. The zero-order valence-corrected chi connectivity index (χ0v) is 8.58. The van der Waals surface area contributed by atoms with Crippen molar-refractivity contribution in [2.24, 2.45) is 0 Å². The van der Waals surface area contributed by atoms with Crippen LogP contribution in [0.2, 0.25) is 0 Å². The van der Waals surface area contributed by atoms with Gasteiger partial charge in [0.2, 0.25) is 0 Å². The minimum Gasteiger partial charge on any atom is -0.207 e. The number of rotatable bonds is 2. The average molecular weight is 214 g/mol. The molecule has 0 aliphatic carbocycles. The summed E-state index contributed by atoms with van der Waals surface area (Å²) in [5, 5.41) is 0. The van der Waals surface area contributed by atoms with Crippen LogP contribution in [0.15, 0.2) is 42.5 Å². The van der Waals surface area contributed by atoms with E-state index in [1.807, 2.05) is 0 Å². The zero-order chi connectivity index (χ0) is 11.5. The Labute approximate surface area is 94.3 Å². The van der Waals surface area contributed by atoms with Gasteiger partial charge in [0, 0.05) is 6.42 Å². The van der Waals surface area contributed by atoms with Gasteiger partial charge in [-0.15, -0.1) is 0 Å². The molecule has 0 bridgehead atoms. The number of halogens is 2. The van der Waals surface area contributed by atoms with Gasteiger partial charge in [-0.3, -0.25) is 0 Å². The third-order valence-corrected chi connectivity index (χ3v) is 2.38. The molecular weight excluding hydrogens is 205 g/mol. The summed E-state index contributed by atoms with van der Waals surface area (Å²) in [4.78, 5) is 0. The fourth-order valence-corrected chi connectivity index (χ4v) is 1.53. The Morgan fingerprint density at radius 2 is 1.62 bits per heavy atom. The van der Waals surface area contributed by atoms with E-state index in [1.165, 1.54) is 18.2 Å². The van der Waals surface area contributed by atoms with Crippen LogP contribution in [0, 0.1) is 11.6 Å². The molecule has 0 atom stereocenters. The van der Waals surface area contributed by atoms with Gasteiger partial charge in [-0.1, -0.05) is 29.7 Å². The van der Waals surface area contributed by atoms with E-state index in [2.05, 4.69) is 0 Å². The fourth-order valence-electron chi connectivity index (χ4n) is 1.53. The van der Waals surface area contributed by atoms with E-state index in [-0.39, 0.29) is 11.6 Å². The Morgan fingerprint density at radius 1 is 0.938 bits per heavy atom. The number of hydrogen-bond donors (Lipinski definition) is 0.